The molecule has 0 bridgehead atoms. The summed E-state index contributed by atoms with van der Waals surface area (Å²) in [6.45, 7) is 6.94. The number of methoxy groups -OCH3 is 1. The summed E-state index contributed by atoms with van der Waals surface area (Å²) < 4.78 is 28.5. The second-order valence-electron chi connectivity index (χ2n) is 10.8. The highest BCUT2D eigenvalue weighted by atomic mass is 19.1. The average Bonchev–Trinajstić information content (AvgIpc) is 3.75. The summed E-state index contributed by atoms with van der Waals surface area (Å²) in [4.78, 5) is 20.8. The molecule has 0 saturated heterocycles. The van der Waals surface area contributed by atoms with Crippen LogP contribution in [-0.4, -0.2) is 45.9 Å². The number of allylic oxidation sites excluding steroid dienone is 4. The third-order valence-corrected chi connectivity index (χ3v) is 7.75. The summed E-state index contributed by atoms with van der Waals surface area (Å²) in [5.41, 5.74) is 4.55. The molecule has 9 heteroatoms. The summed E-state index contributed by atoms with van der Waals surface area (Å²) in [7, 11) is 1.59. The molecule has 1 fully saturated rings. The van der Waals surface area contributed by atoms with Gasteiger partial charge in [-0.05, 0) is 66.8 Å². The third-order valence-electron chi connectivity index (χ3n) is 7.75. The van der Waals surface area contributed by atoms with Gasteiger partial charge in [-0.25, -0.2) is 19.2 Å². The van der Waals surface area contributed by atoms with Crippen LogP contribution in [0.3, 0.4) is 0 Å². The Morgan fingerprint density at radius 1 is 1.18 bits per heavy atom. The molecular formula is C35H33FN4O4. The first-order valence-electron chi connectivity index (χ1n) is 14.3. The summed E-state index contributed by atoms with van der Waals surface area (Å²) >= 11 is 0. The van der Waals surface area contributed by atoms with E-state index in [0.717, 1.165) is 24.0 Å². The standard InChI is InChI=1S/C35H33FN4O4/c1-4-27(35(22-37)14-15-35)12-8-23(2)21-44-33-7-5-6-29(39-33)25-10-9-24(28(36)18-25)20-32-38-30-13-11-26(34(41)42)19-31(30)40(32)16-17-43-3/h4-13,18-19H,1,14-17,20-21H2,2-3H3,(H,41,42)/b23-8+,27-12+. The molecule has 0 radical (unpaired) electrons. The number of nitrogens with zero attached hydrogens (tertiary/aromatic N) is 4. The molecule has 2 aromatic heterocycles. The van der Waals surface area contributed by atoms with Crippen molar-refractivity contribution in [3.05, 3.63) is 113 Å². The molecule has 5 rings (SSSR count). The van der Waals surface area contributed by atoms with E-state index in [-0.39, 0.29) is 12.0 Å². The Morgan fingerprint density at radius 3 is 2.68 bits per heavy atom. The Balaban J connectivity index is 1.31. The molecule has 44 heavy (non-hydrogen) atoms. The highest BCUT2D eigenvalue weighted by Gasteiger charge is 2.45. The molecule has 1 aliphatic carbocycles. The lowest BCUT2D eigenvalue weighted by Gasteiger charge is -2.11. The number of ether oxygens (including phenoxy) is 2. The van der Waals surface area contributed by atoms with Crippen LogP contribution in [0.5, 0.6) is 5.88 Å². The molecule has 0 aliphatic heterocycles. The van der Waals surface area contributed by atoms with Crippen molar-refractivity contribution in [1.82, 2.24) is 14.5 Å². The molecule has 0 atom stereocenters. The lowest BCUT2D eigenvalue weighted by molar-refractivity contribution is 0.0697. The van der Waals surface area contributed by atoms with E-state index >= 15 is 4.39 Å². The van der Waals surface area contributed by atoms with Crippen molar-refractivity contribution >= 4 is 17.0 Å². The number of rotatable bonds is 13. The average molecular weight is 593 g/mol. The van der Waals surface area contributed by atoms with Gasteiger partial charge in [0, 0.05) is 31.7 Å². The fourth-order valence-corrected chi connectivity index (χ4v) is 5.03. The second-order valence-corrected chi connectivity index (χ2v) is 10.8. The fraction of sp³-hybridized carbons (Fsp3) is 0.257. The van der Waals surface area contributed by atoms with E-state index in [1.165, 1.54) is 12.1 Å². The van der Waals surface area contributed by atoms with Crippen LogP contribution < -0.4 is 4.74 Å². The molecule has 1 aliphatic rings. The quantitative estimate of drug-likeness (QED) is 0.168. The number of nitriles is 1. The van der Waals surface area contributed by atoms with Crippen LogP contribution in [-0.2, 0) is 17.7 Å². The van der Waals surface area contributed by atoms with Crippen LogP contribution in [0, 0.1) is 22.6 Å². The molecule has 1 saturated carbocycles. The van der Waals surface area contributed by atoms with E-state index in [0.29, 0.717) is 59.3 Å². The maximum absolute atomic E-state index is 15.4. The maximum atomic E-state index is 15.4. The molecule has 2 aromatic carbocycles. The molecule has 0 spiro atoms. The minimum Gasteiger partial charge on any atom is -0.478 e. The van der Waals surface area contributed by atoms with E-state index < -0.39 is 17.2 Å². The first-order chi connectivity index (χ1) is 21.3. The summed E-state index contributed by atoms with van der Waals surface area (Å²) in [5.74, 6) is -0.405. The Morgan fingerprint density at radius 2 is 2.00 bits per heavy atom. The Bertz CT molecular complexity index is 1830. The fourth-order valence-electron chi connectivity index (χ4n) is 5.03. The van der Waals surface area contributed by atoms with Crippen molar-refractivity contribution in [2.45, 2.75) is 32.7 Å². The van der Waals surface area contributed by atoms with Crippen molar-refractivity contribution in [1.29, 1.82) is 5.26 Å². The minimum absolute atomic E-state index is 0.156. The van der Waals surface area contributed by atoms with Gasteiger partial charge >= 0.3 is 5.97 Å². The first kappa shape index (κ1) is 30.4. The number of fused-ring (bicyclic) bond motifs is 1. The molecule has 2 heterocycles. The number of carboxylic acid groups (broad SMARTS) is 1. The van der Waals surface area contributed by atoms with Crippen molar-refractivity contribution in [3.8, 4) is 23.2 Å². The van der Waals surface area contributed by atoms with E-state index in [1.807, 2.05) is 35.8 Å². The van der Waals surface area contributed by atoms with Crippen molar-refractivity contribution < 1.29 is 23.8 Å². The SMILES string of the molecule is C=C/C(=C\C=C(/C)COc1cccc(-c2ccc(Cc3nc4ccc(C(=O)O)cc4n3CCOC)c(F)c2)n1)C1(C#N)CC1. The van der Waals surface area contributed by atoms with E-state index in [1.54, 1.807) is 43.5 Å². The van der Waals surface area contributed by atoms with Crippen molar-refractivity contribution in [2.24, 2.45) is 5.41 Å². The van der Waals surface area contributed by atoms with Gasteiger partial charge in [0.05, 0.1) is 40.4 Å². The molecule has 0 unspecified atom stereocenters. The van der Waals surface area contributed by atoms with Gasteiger partial charge in [-0.2, -0.15) is 5.26 Å². The predicted molar refractivity (Wildman–Crippen MR) is 166 cm³/mol. The second kappa shape index (κ2) is 13.1. The lowest BCUT2D eigenvalue weighted by atomic mass is 9.97. The predicted octanol–water partition coefficient (Wildman–Crippen LogP) is 6.91. The number of aromatic carboxylic acids is 1. The Labute approximate surface area is 255 Å². The van der Waals surface area contributed by atoms with E-state index in [4.69, 9.17) is 9.47 Å². The largest absolute Gasteiger partial charge is 0.478 e. The first-order valence-corrected chi connectivity index (χ1v) is 14.3. The number of pyridine rings is 1. The van der Waals surface area contributed by atoms with Gasteiger partial charge in [0.15, 0.2) is 0 Å². The molecule has 1 N–H and O–H groups in total. The number of imidazole rings is 1. The molecule has 224 valence electrons. The summed E-state index contributed by atoms with van der Waals surface area (Å²) in [6, 6.07) is 17.5. The van der Waals surface area contributed by atoms with Gasteiger partial charge in [-0.15, -0.1) is 0 Å². The molecule has 8 nitrogen and oxygen atoms in total. The highest BCUT2D eigenvalue weighted by Crippen LogP contribution is 2.51. The normalized spacial score (nSPS) is 14.3. The summed E-state index contributed by atoms with van der Waals surface area (Å²) in [6.07, 6.45) is 7.52. The van der Waals surface area contributed by atoms with Crippen LogP contribution in [0.15, 0.2) is 90.6 Å². The van der Waals surface area contributed by atoms with Gasteiger partial charge in [0.1, 0.15) is 18.2 Å². The Kier molecular flexibility index (Phi) is 9.02. The molecular weight excluding hydrogens is 559 g/mol. The monoisotopic (exact) mass is 592 g/mol. The zero-order chi connectivity index (χ0) is 31.3. The molecule has 4 aromatic rings. The van der Waals surface area contributed by atoms with Crippen LogP contribution in [0.1, 0.15) is 41.5 Å². The van der Waals surface area contributed by atoms with Gasteiger partial charge in [-0.3, -0.25) is 0 Å². The minimum atomic E-state index is -1.03. The van der Waals surface area contributed by atoms with Crippen LogP contribution >= 0.6 is 0 Å². The number of halogens is 1. The zero-order valence-electron chi connectivity index (χ0n) is 24.7. The van der Waals surface area contributed by atoms with E-state index in [9.17, 15) is 15.2 Å². The maximum Gasteiger partial charge on any atom is 0.335 e. The topological polar surface area (TPSA) is 110 Å². The number of hydrogen-bond donors (Lipinski definition) is 1. The van der Waals surface area contributed by atoms with Crippen LogP contribution in [0.4, 0.5) is 4.39 Å². The number of carbonyl (C=O) groups is 1. The smallest absolute Gasteiger partial charge is 0.335 e. The van der Waals surface area contributed by atoms with Crippen molar-refractivity contribution in [3.63, 3.8) is 0 Å². The number of aromatic nitrogens is 3. The molecule has 0 amide bonds. The Hall–Kier alpha value is -5.07. The van der Waals surface area contributed by atoms with Crippen molar-refractivity contribution in [2.75, 3.05) is 20.3 Å². The summed E-state index contributed by atoms with van der Waals surface area (Å²) in [5, 5.41) is 18.9. The highest BCUT2D eigenvalue weighted by molar-refractivity contribution is 5.92. The van der Waals surface area contributed by atoms with Gasteiger partial charge in [0.2, 0.25) is 5.88 Å². The van der Waals surface area contributed by atoms with Gasteiger partial charge in [0.25, 0.3) is 0 Å². The van der Waals surface area contributed by atoms with Gasteiger partial charge in [-0.1, -0.05) is 43.0 Å². The number of benzene rings is 2. The number of hydrogen-bond acceptors (Lipinski definition) is 6. The van der Waals surface area contributed by atoms with Gasteiger partial charge < -0.3 is 19.1 Å². The van der Waals surface area contributed by atoms with Crippen LogP contribution in [0.2, 0.25) is 0 Å². The number of carboxylic acids is 1. The lowest BCUT2D eigenvalue weighted by Crippen LogP contribution is -2.10. The zero-order valence-corrected chi connectivity index (χ0v) is 24.7. The van der Waals surface area contributed by atoms with Crippen LogP contribution in [0.25, 0.3) is 22.3 Å². The van der Waals surface area contributed by atoms with E-state index in [2.05, 4.69) is 22.6 Å². The third kappa shape index (κ3) is 6.61.